The molecule has 2 heterocycles. The molecule has 0 aliphatic carbocycles. The highest BCUT2D eigenvalue weighted by molar-refractivity contribution is 7.88. The normalized spacial score (nSPS) is 20.6. The fourth-order valence-corrected chi connectivity index (χ4v) is 6.13. The molecule has 2 aliphatic rings. The molecule has 0 N–H and O–H groups in total. The molecule has 2 fully saturated rings. The number of rotatable bonds is 5. The fraction of sp³-hybridized carbons (Fsp3) is 0.455. The summed E-state index contributed by atoms with van der Waals surface area (Å²) in [6.07, 6.45) is 2.94. The first-order chi connectivity index (χ1) is 13.4. The van der Waals surface area contributed by atoms with Gasteiger partial charge < -0.3 is 0 Å². The number of hydrogen-bond donors (Lipinski definition) is 0. The summed E-state index contributed by atoms with van der Waals surface area (Å²) in [6.45, 7) is 3.88. The zero-order valence-electron chi connectivity index (χ0n) is 16.1. The Morgan fingerprint density at radius 1 is 0.893 bits per heavy atom. The average molecular weight is 403 g/mol. The van der Waals surface area contributed by atoms with Gasteiger partial charge >= 0.3 is 0 Å². The van der Waals surface area contributed by atoms with E-state index in [1.165, 1.54) is 6.07 Å². The molecular formula is C22H27FN2O2S. The number of piperidine rings is 1. The maximum absolute atomic E-state index is 13.4. The highest BCUT2D eigenvalue weighted by atomic mass is 32.2. The fourth-order valence-electron chi connectivity index (χ4n) is 4.49. The third kappa shape index (κ3) is 4.45. The van der Waals surface area contributed by atoms with Crippen molar-refractivity contribution in [3.8, 4) is 0 Å². The molecule has 0 atom stereocenters. The number of likely N-dealkylation sites (tertiary alicyclic amines) is 1. The van der Waals surface area contributed by atoms with Crippen molar-refractivity contribution in [2.75, 3.05) is 26.2 Å². The van der Waals surface area contributed by atoms with Gasteiger partial charge in [0.25, 0.3) is 0 Å². The summed E-state index contributed by atoms with van der Waals surface area (Å²) in [7, 11) is -3.28. The van der Waals surface area contributed by atoms with Gasteiger partial charge in [0.1, 0.15) is 5.82 Å². The van der Waals surface area contributed by atoms with E-state index in [9.17, 15) is 12.8 Å². The van der Waals surface area contributed by atoms with Gasteiger partial charge in [0.05, 0.1) is 5.75 Å². The van der Waals surface area contributed by atoms with Gasteiger partial charge in [-0.15, -0.1) is 0 Å². The van der Waals surface area contributed by atoms with Gasteiger partial charge in [-0.3, -0.25) is 4.90 Å². The highest BCUT2D eigenvalue weighted by Gasteiger charge is 2.44. The van der Waals surface area contributed by atoms with E-state index in [1.807, 2.05) is 36.4 Å². The van der Waals surface area contributed by atoms with Crippen LogP contribution in [0, 0.1) is 11.2 Å². The lowest BCUT2D eigenvalue weighted by Crippen LogP contribution is -2.42. The summed E-state index contributed by atoms with van der Waals surface area (Å²) in [5, 5.41) is 0. The van der Waals surface area contributed by atoms with Crippen LogP contribution in [0.3, 0.4) is 0 Å². The number of halogens is 1. The monoisotopic (exact) mass is 402 g/mol. The molecule has 0 aromatic heterocycles. The summed E-state index contributed by atoms with van der Waals surface area (Å²) in [4.78, 5) is 2.35. The van der Waals surface area contributed by atoms with E-state index >= 15 is 0 Å². The van der Waals surface area contributed by atoms with Crippen molar-refractivity contribution in [2.45, 2.75) is 31.6 Å². The van der Waals surface area contributed by atoms with Crippen LogP contribution in [0.5, 0.6) is 0 Å². The minimum Gasteiger partial charge on any atom is -0.299 e. The molecule has 0 unspecified atom stereocenters. The second kappa shape index (κ2) is 7.93. The van der Waals surface area contributed by atoms with Gasteiger partial charge in [0.15, 0.2) is 0 Å². The van der Waals surface area contributed by atoms with Gasteiger partial charge in [-0.2, -0.15) is 0 Å². The Balaban J connectivity index is 1.34. The Hall–Kier alpha value is -1.76. The Morgan fingerprint density at radius 3 is 2.29 bits per heavy atom. The van der Waals surface area contributed by atoms with Crippen LogP contribution < -0.4 is 0 Å². The summed E-state index contributed by atoms with van der Waals surface area (Å²) in [5.41, 5.74) is 1.94. The molecule has 28 heavy (non-hydrogen) atoms. The van der Waals surface area contributed by atoms with E-state index in [-0.39, 0.29) is 17.0 Å². The lowest BCUT2D eigenvalue weighted by Gasteiger charge is -2.39. The Bertz CT molecular complexity index is 909. The van der Waals surface area contributed by atoms with Crippen molar-refractivity contribution in [2.24, 2.45) is 5.41 Å². The van der Waals surface area contributed by atoms with E-state index < -0.39 is 10.0 Å². The molecule has 4 nitrogen and oxygen atoms in total. The van der Waals surface area contributed by atoms with Crippen molar-refractivity contribution in [3.05, 3.63) is 71.5 Å². The first-order valence-corrected chi connectivity index (χ1v) is 11.5. The molecule has 0 bridgehead atoms. The summed E-state index contributed by atoms with van der Waals surface area (Å²) < 4.78 is 40.8. The zero-order valence-corrected chi connectivity index (χ0v) is 16.9. The van der Waals surface area contributed by atoms with Crippen molar-refractivity contribution >= 4 is 10.0 Å². The molecule has 2 saturated heterocycles. The minimum atomic E-state index is -3.28. The molecule has 2 aromatic carbocycles. The smallest absolute Gasteiger partial charge is 0.218 e. The first kappa shape index (κ1) is 19.6. The van der Waals surface area contributed by atoms with Crippen LogP contribution in [0.25, 0.3) is 0 Å². The molecule has 0 radical (unpaired) electrons. The average Bonchev–Trinajstić information content (AvgIpc) is 3.09. The molecule has 150 valence electrons. The van der Waals surface area contributed by atoms with E-state index in [4.69, 9.17) is 0 Å². The molecule has 2 aromatic rings. The molecule has 1 spiro atoms. The third-order valence-corrected chi connectivity index (χ3v) is 8.00. The quantitative estimate of drug-likeness (QED) is 0.767. The van der Waals surface area contributed by atoms with E-state index in [1.54, 1.807) is 16.4 Å². The van der Waals surface area contributed by atoms with Crippen molar-refractivity contribution in [1.82, 2.24) is 9.21 Å². The second-order valence-electron chi connectivity index (χ2n) is 8.23. The van der Waals surface area contributed by atoms with Crippen LogP contribution in [0.2, 0.25) is 0 Å². The third-order valence-electron chi connectivity index (χ3n) is 6.20. The van der Waals surface area contributed by atoms with E-state index in [0.717, 1.165) is 50.0 Å². The summed E-state index contributed by atoms with van der Waals surface area (Å²) >= 11 is 0. The maximum Gasteiger partial charge on any atom is 0.218 e. The Labute approximate surface area is 167 Å². The number of nitrogens with zero attached hydrogens (tertiary/aromatic N) is 2. The molecule has 0 amide bonds. The molecular weight excluding hydrogens is 375 g/mol. The lowest BCUT2D eigenvalue weighted by atomic mass is 9.78. The topological polar surface area (TPSA) is 40.6 Å². The number of hydrogen-bond acceptors (Lipinski definition) is 3. The Kier molecular flexibility index (Phi) is 5.54. The highest BCUT2D eigenvalue weighted by Crippen LogP contribution is 2.41. The number of benzene rings is 2. The van der Waals surface area contributed by atoms with Gasteiger partial charge in [-0.05, 0) is 61.0 Å². The van der Waals surface area contributed by atoms with Crippen LogP contribution in [-0.4, -0.2) is 43.8 Å². The summed E-state index contributed by atoms with van der Waals surface area (Å²) in [5.74, 6) is -0.114. The van der Waals surface area contributed by atoms with Crippen molar-refractivity contribution < 1.29 is 12.8 Å². The van der Waals surface area contributed by atoms with Gasteiger partial charge in [0.2, 0.25) is 10.0 Å². The van der Waals surface area contributed by atoms with Crippen LogP contribution in [0.15, 0.2) is 54.6 Å². The van der Waals surface area contributed by atoms with Gasteiger partial charge in [-0.25, -0.2) is 17.1 Å². The van der Waals surface area contributed by atoms with E-state index in [2.05, 4.69) is 4.90 Å². The van der Waals surface area contributed by atoms with Crippen LogP contribution in [-0.2, 0) is 22.3 Å². The Morgan fingerprint density at radius 2 is 1.57 bits per heavy atom. The SMILES string of the molecule is O=S(=O)(Cc1ccccc1)N1CCC2(CCN(Cc3cccc(F)c3)CC2)C1. The van der Waals surface area contributed by atoms with E-state index in [0.29, 0.717) is 13.1 Å². The van der Waals surface area contributed by atoms with Gasteiger partial charge in [0, 0.05) is 19.6 Å². The number of sulfonamides is 1. The van der Waals surface area contributed by atoms with Crippen molar-refractivity contribution in [1.29, 1.82) is 0 Å². The molecule has 0 saturated carbocycles. The largest absolute Gasteiger partial charge is 0.299 e. The predicted octanol–water partition coefficient (Wildman–Crippen LogP) is 3.64. The zero-order chi connectivity index (χ0) is 19.6. The van der Waals surface area contributed by atoms with Crippen LogP contribution in [0.1, 0.15) is 30.4 Å². The predicted molar refractivity (Wildman–Crippen MR) is 109 cm³/mol. The second-order valence-corrected chi connectivity index (χ2v) is 10.2. The minimum absolute atomic E-state index is 0.0790. The van der Waals surface area contributed by atoms with Crippen molar-refractivity contribution in [3.63, 3.8) is 0 Å². The first-order valence-electron chi connectivity index (χ1n) is 9.93. The standard InChI is InChI=1S/C22H27FN2O2S/c23-21-8-4-7-20(15-21)16-24-12-9-22(10-13-24)11-14-25(18-22)28(26,27)17-19-5-2-1-3-6-19/h1-8,15H,9-14,16-18H2. The van der Waals surface area contributed by atoms with Gasteiger partial charge in [-0.1, -0.05) is 42.5 Å². The summed E-state index contributed by atoms with van der Waals surface area (Å²) in [6, 6.07) is 16.2. The van der Waals surface area contributed by atoms with Crippen LogP contribution in [0.4, 0.5) is 4.39 Å². The molecule has 4 rings (SSSR count). The lowest BCUT2D eigenvalue weighted by molar-refractivity contribution is 0.109. The van der Waals surface area contributed by atoms with Crippen LogP contribution >= 0.6 is 0 Å². The molecule has 6 heteroatoms. The molecule has 2 aliphatic heterocycles. The maximum atomic E-state index is 13.4.